The lowest BCUT2D eigenvalue weighted by atomic mass is 10.2. The highest BCUT2D eigenvalue weighted by Crippen LogP contribution is 2.10. The van der Waals surface area contributed by atoms with Gasteiger partial charge in [0.15, 0.2) is 0 Å². The molecule has 0 aliphatic heterocycles. The monoisotopic (exact) mass is 256 g/mol. The van der Waals surface area contributed by atoms with Crippen molar-refractivity contribution in [2.75, 3.05) is 5.32 Å². The van der Waals surface area contributed by atoms with Crippen LogP contribution >= 0.6 is 0 Å². The van der Waals surface area contributed by atoms with Crippen LogP contribution in [-0.2, 0) is 0 Å². The first kappa shape index (κ1) is 12.7. The van der Waals surface area contributed by atoms with E-state index in [0.717, 1.165) is 5.69 Å². The average molecular weight is 256 g/mol. The quantitative estimate of drug-likeness (QED) is 0.860. The van der Waals surface area contributed by atoms with Crippen LogP contribution in [0.2, 0.25) is 0 Å². The smallest absolute Gasteiger partial charge is 0.275 e. The van der Waals surface area contributed by atoms with Gasteiger partial charge in [-0.25, -0.2) is 4.98 Å². The van der Waals surface area contributed by atoms with Crippen LogP contribution in [0.25, 0.3) is 0 Å². The number of benzene rings is 1. The second-order valence-corrected chi connectivity index (χ2v) is 3.94. The fraction of sp³-hybridized carbons (Fsp3) is 0.0769. The minimum Gasteiger partial charge on any atom is -0.366 e. The Labute approximate surface area is 109 Å². The maximum atomic E-state index is 11.8. The molecule has 2 aromatic rings. The lowest BCUT2D eigenvalue weighted by Crippen LogP contribution is -2.15. The molecule has 0 fully saturated rings. The van der Waals surface area contributed by atoms with Gasteiger partial charge in [-0.2, -0.15) is 0 Å². The van der Waals surface area contributed by atoms with Gasteiger partial charge >= 0.3 is 0 Å². The summed E-state index contributed by atoms with van der Waals surface area (Å²) < 4.78 is 0. The maximum Gasteiger partial charge on any atom is 0.275 e. The van der Waals surface area contributed by atoms with Crippen LogP contribution in [0.5, 0.6) is 0 Å². The molecule has 1 aromatic carbocycles. The van der Waals surface area contributed by atoms with Crippen LogP contribution in [0, 0.1) is 6.92 Å². The zero-order chi connectivity index (χ0) is 13.8. The van der Waals surface area contributed by atoms with Crippen molar-refractivity contribution in [1.29, 1.82) is 0 Å². The van der Waals surface area contributed by atoms with Crippen molar-refractivity contribution in [1.82, 2.24) is 9.97 Å². The third-order valence-corrected chi connectivity index (χ3v) is 2.44. The molecule has 0 aliphatic rings. The molecular weight excluding hydrogens is 244 g/mol. The highest BCUT2D eigenvalue weighted by molar-refractivity contribution is 6.03. The van der Waals surface area contributed by atoms with E-state index in [4.69, 9.17) is 5.73 Å². The number of nitrogens with two attached hydrogens (primary N) is 1. The zero-order valence-electron chi connectivity index (χ0n) is 10.3. The number of nitrogens with one attached hydrogen (secondary N) is 1. The van der Waals surface area contributed by atoms with Crippen molar-refractivity contribution in [3.8, 4) is 0 Å². The van der Waals surface area contributed by atoms with Gasteiger partial charge in [-0.15, -0.1) is 0 Å². The minimum absolute atomic E-state index is 0.226. The second kappa shape index (κ2) is 5.26. The SMILES string of the molecule is Cc1cnc(C(=O)Nc2ccc(C(N)=O)cc2)cn1. The van der Waals surface area contributed by atoms with Gasteiger partial charge in [-0.05, 0) is 31.2 Å². The molecule has 19 heavy (non-hydrogen) atoms. The molecule has 0 saturated carbocycles. The molecule has 6 heteroatoms. The molecule has 0 spiro atoms. The summed E-state index contributed by atoms with van der Waals surface area (Å²) in [6.45, 7) is 1.79. The van der Waals surface area contributed by atoms with Gasteiger partial charge in [-0.1, -0.05) is 0 Å². The van der Waals surface area contributed by atoms with Crippen LogP contribution in [0.4, 0.5) is 5.69 Å². The third-order valence-electron chi connectivity index (χ3n) is 2.44. The van der Waals surface area contributed by atoms with E-state index < -0.39 is 5.91 Å². The Hall–Kier alpha value is -2.76. The highest BCUT2D eigenvalue weighted by atomic mass is 16.2. The van der Waals surface area contributed by atoms with Gasteiger partial charge in [0.2, 0.25) is 5.91 Å². The van der Waals surface area contributed by atoms with Crippen LogP contribution in [-0.4, -0.2) is 21.8 Å². The summed E-state index contributed by atoms with van der Waals surface area (Å²) >= 11 is 0. The van der Waals surface area contributed by atoms with Crippen molar-refractivity contribution in [2.24, 2.45) is 5.73 Å². The lowest BCUT2D eigenvalue weighted by Gasteiger charge is -2.05. The van der Waals surface area contributed by atoms with Crippen molar-refractivity contribution in [3.05, 3.63) is 53.6 Å². The number of hydrogen-bond donors (Lipinski definition) is 2. The van der Waals surface area contributed by atoms with Gasteiger partial charge in [0.1, 0.15) is 5.69 Å². The number of carbonyl (C=O) groups excluding carboxylic acids is 2. The Morgan fingerprint density at radius 3 is 2.32 bits per heavy atom. The van der Waals surface area contributed by atoms with E-state index in [-0.39, 0.29) is 11.6 Å². The predicted octanol–water partition coefficient (Wildman–Crippen LogP) is 1.14. The van der Waals surface area contributed by atoms with Crippen molar-refractivity contribution in [3.63, 3.8) is 0 Å². The highest BCUT2D eigenvalue weighted by Gasteiger charge is 2.08. The maximum absolute atomic E-state index is 11.8. The van der Waals surface area contributed by atoms with Crippen molar-refractivity contribution >= 4 is 17.5 Å². The number of primary amides is 1. The van der Waals surface area contributed by atoms with E-state index in [2.05, 4.69) is 15.3 Å². The molecule has 0 unspecified atom stereocenters. The number of aromatic nitrogens is 2. The third kappa shape index (κ3) is 3.12. The van der Waals surface area contributed by atoms with Gasteiger partial charge in [0.05, 0.1) is 11.9 Å². The van der Waals surface area contributed by atoms with Gasteiger partial charge in [0, 0.05) is 17.4 Å². The summed E-state index contributed by atoms with van der Waals surface area (Å²) in [6, 6.07) is 6.27. The summed E-state index contributed by atoms with van der Waals surface area (Å²) in [5.41, 5.74) is 7.03. The number of hydrogen-bond acceptors (Lipinski definition) is 4. The topological polar surface area (TPSA) is 98.0 Å². The van der Waals surface area contributed by atoms with Crippen LogP contribution < -0.4 is 11.1 Å². The molecular formula is C13H12N4O2. The first-order valence-electron chi connectivity index (χ1n) is 5.56. The number of amides is 2. The summed E-state index contributed by atoms with van der Waals surface area (Å²) in [5, 5.41) is 2.65. The van der Waals surface area contributed by atoms with Gasteiger partial charge in [0.25, 0.3) is 5.91 Å². The molecule has 0 saturated heterocycles. The van der Waals surface area contributed by atoms with Crippen molar-refractivity contribution in [2.45, 2.75) is 6.92 Å². The summed E-state index contributed by atoms with van der Waals surface area (Å²) in [7, 11) is 0. The van der Waals surface area contributed by atoms with Crippen LogP contribution in [0.3, 0.4) is 0 Å². The fourth-order valence-electron chi connectivity index (χ4n) is 1.42. The fourth-order valence-corrected chi connectivity index (χ4v) is 1.42. The Kier molecular flexibility index (Phi) is 3.51. The first-order chi connectivity index (χ1) is 9.06. The Bertz CT molecular complexity index is 606. The molecule has 2 rings (SSSR count). The first-order valence-corrected chi connectivity index (χ1v) is 5.56. The molecule has 96 valence electrons. The molecule has 2 amide bonds. The van der Waals surface area contributed by atoms with E-state index in [1.807, 2.05) is 0 Å². The van der Waals surface area contributed by atoms with E-state index >= 15 is 0 Å². The number of aryl methyl sites for hydroxylation is 1. The molecule has 3 N–H and O–H groups in total. The Morgan fingerprint density at radius 1 is 1.11 bits per heavy atom. The van der Waals surface area contributed by atoms with Crippen molar-refractivity contribution < 1.29 is 9.59 Å². The number of anilines is 1. The molecule has 0 atom stereocenters. The number of rotatable bonds is 3. The Morgan fingerprint density at radius 2 is 1.79 bits per heavy atom. The van der Waals surface area contributed by atoms with E-state index in [9.17, 15) is 9.59 Å². The number of nitrogens with zero attached hydrogens (tertiary/aromatic N) is 2. The number of carbonyl (C=O) groups is 2. The molecule has 1 heterocycles. The second-order valence-electron chi connectivity index (χ2n) is 3.94. The Balaban J connectivity index is 2.10. The molecule has 6 nitrogen and oxygen atoms in total. The van der Waals surface area contributed by atoms with Crippen LogP contribution in [0.15, 0.2) is 36.7 Å². The lowest BCUT2D eigenvalue weighted by molar-refractivity contribution is 0.0997. The summed E-state index contributed by atoms with van der Waals surface area (Å²) in [4.78, 5) is 30.7. The van der Waals surface area contributed by atoms with E-state index in [1.54, 1.807) is 31.2 Å². The molecule has 1 aromatic heterocycles. The van der Waals surface area contributed by atoms with E-state index in [1.165, 1.54) is 12.4 Å². The van der Waals surface area contributed by atoms with E-state index in [0.29, 0.717) is 11.3 Å². The molecule has 0 radical (unpaired) electrons. The molecule has 0 aliphatic carbocycles. The van der Waals surface area contributed by atoms with Gasteiger partial charge < -0.3 is 11.1 Å². The zero-order valence-corrected chi connectivity index (χ0v) is 10.3. The van der Waals surface area contributed by atoms with Gasteiger partial charge in [-0.3, -0.25) is 14.6 Å². The minimum atomic E-state index is -0.512. The normalized spacial score (nSPS) is 9.95. The average Bonchev–Trinajstić information content (AvgIpc) is 2.40. The summed E-state index contributed by atoms with van der Waals surface area (Å²) in [5.74, 6) is -0.874. The molecule has 0 bridgehead atoms. The largest absolute Gasteiger partial charge is 0.366 e. The van der Waals surface area contributed by atoms with Crippen LogP contribution in [0.1, 0.15) is 26.5 Å². The predicted molar refractivity (Wildman–Crippen MR) is 69.7 cm³/mol. The standard InChI is InChI=1S/C13H12N4O2/c1-8-6-16-11(7-15-8)13(19)17-10-4-2-9(3-5-10)12(14)18/h2-7H,1H3,(H2,14,18)(H,17,19). The summed E-state index contributed by atoms with van der Waals surface area (Å²) in [6.07, 6.45) is 2.92.